The van der Waals surface area contributed by atoms with Gasteiger partial charge in [0.2, 0.25) is 11.8 Å². The van der Waals surface area contributed by atoms with Crippen LogP contribution in [-0.4, -0.2) is 52.8 Å². The molecule has 252 valence electrons. The van der Waals surface area contributed by atoms with Gasteiger partial charge in [-0.2, -0.15) is 0 Å². The Labute approximate surface area is 278 Å². The molecule has 2 aliphatic heterocycles. The molecule has 2 amide bonds. The summed E-state index contributed by atoms with van der Waals surface area (Å²) in [6.07, 6.45) is 8.20. The molecule has 2 aliphatic rings. The molecule has 0 radical (unpaired) electrons. The third-order valence-electron chi connectivity index (χ3n) is 9.20. The maximum absolute atomic E-state index is 12.4. The predicted octanol–water partition coefficient (Wildman–Crippen LogP) is 6.34. The Hall–Kier alpha value is -3.60. The molecule has 47 heavy (non-hydrogen) atoms. The van der Waals surface area contributed by atoms with E-state index >= 15 is 0 Å². The zero-order valence-electron chi connectivity index (χ0n) is 27.2. The minimum Gasteiger partial charge on any atom is -0.392 e. The lowest BCUT2D eigenvalue weighted by Crippen LogP contribution is -2.40. The first-order chi connectivity index (χ1) is 23.0. The van der Waals surface area contributed by atoms with Crippen molar-refractivity contribution in [1.29, 1.82) is 0 Å². The van der Waals surface area contributed by atoms with Crippen molar-refractivity contribution in [3.63, 3.8) is 0 Å². The molecule has 0 saturated carbocycles. The number of hydrogen-bond donors (Lipinski definition) is 4. The van der Waals surface area contributed by atoms with Crippen molar-refractivity contribution in [1.82, 2.24) is 15.7 Å². The number of aliphatic hydroxyl groups is 1. The highest BCUT2D eigenvalue weighted by Crippen LogP contribution is 2.39. The highest BCUT2D eigenvalue weighted by atomic mass is 16.7. The first-order valence-corrected chi connectivity index (χ1v) is 17.1. The summed E-state index contributed by atoms with van der Waals surface area (Å²) in [5.41, 5.74) is 7.65. The van der Waals surface area contributed by atoms with Gasteiger partial charge in [0.15, 0.2) is 6.29 Å². The highest BCUT2D eigenvalue weighted by Gasteiger charge is 2.33. The fourth-order valence-corrected chi connectivity index (χ4v) is 6.50. The second kappa shape index (κ2) is 18.1. The molecule has 9 nitrogen and oxygen atoms in total. The summed E-state index contributed by atoms with van der Waals surface area (Å²) in [6, 6.07) is 24.4. The molecule has 4 N–H and O–H groups in total. The Balaban J connectivity index is 1.25. The molecular weight excluding hydrogens is 594 g/mol. The summed E-state index contributed by atoms with van der Waals surface area (Å²) in [6.45, 7) is 3.53. The molecule has 0 aromatic heterocycles. The Morgan fingerprint density at radius 2 is 1.45 bits per heavy atom. The molecule has 9 heteroatoms. The van der Waals surface area contributed by atoms with E-state index in [1.807, 2.05) is 30.3 Å². The van der Waals surface area contributed by atoms with E-state index in [9.17, 15) is 14.7 Å². The van der Waals surface area contributed by atoms with E-state index in [4.69, 9.17) is 14.7 Å². The van der Waals surface area contributed by atoms with Gasteiger partial charge in [-0.1, -0.05) is 92.1 Å². The largest absolute Gasteiger partial charge is 0.392 e. The summed E-state index contributed by atoms with van der Waals surface area (Å²) in [5.74, 6) is -0.514. The van der Waals surface area contributed by atoms with E-state index in [0.29, 0.717) is 25.8 Å². The van der Waals surface area contributed by atoms with Crippen molar-refractivity contribution in [3.8, 4) is 11.1 Å². The third kappa shape index (κ3) is 10.4. The van der Waals surface area contributed by atoms with Crippen LogP contribution in [0.3, 0.4) is 0 Å². The molecule has 3 unspecified atom stereocenters. The lowest BCUT2D eigenvalue weighted by Gasteiger charge is -2.39. The summed E-state index contributed by atoms with van der Waals surface area (Å²) in [4.78, 5) is 26.2. The predicted molar refractivity (Wildman–Crippen MR) is 180 cm³/mol. The first-order valence-electron chi connectivity index (χ1n) is 17.1. The highest BCUT2D eigenvalue weighted by molar-refractivity contribution is 5.77. The topological polar surface area (TPSA) is 120 Å². The van der Waals surface area contributed by atoms with Gasteiger partial charge in [0, 0.05) is 37.9 Å². The number of hydroxylamine groups is 1. The number of amides is 2. The van der Waals surface area contributed by atoms with E-state index in [0.717, 1.165) is 59.4 Å². The third-order valence-corrected chi connectivity index (χ3v) is 9.20. The van der Waals surface area contributed by atoms with Gasteiger partial charge >= 0.3 is 0 Å². The minimum atomic E-state index is -0.502. The number of rotatable bonds is 13. The van der Waals surface area contributed by atoms with Crippen LogP contribution in [0.1, 0.15) is 98.9 Å². The molecule has 2 heterocycles. The van der Waals surface area contributed by atoms with Crippen molar-refractivity contribution in [3.05, 3.63) is 95.1 Å². The van der Waals surface area contributed by atoms with Gasteiger partial charge in [-0.05, 0) is 66.6 Å². The van der Waals surface area contributed by atoms with Crippen LogP contribution < -0.4 is 10.8 Å². The quantitative estimate of drug-likeness (QED) is 0.0975. The summed E-state index contributed by atoms with van der Waals surface area (Å²) in [5, 5.41) is 21.1. The smallest absolute Gasteiger partial charge is 0.243 e. The SMILES string of the molecule is O=C(CCCCC(=O)NCc1ccccc1-c1ccc(C2OC(CN3CCCCCCC3)CC(c3ccc(CO)cc3)O2)cc1)NO. The van der Waals surface area contributed by atoms with E-state index in [2.05, 4.69) is 52.7 Å². The van der Waals surface area contributed by atoms with Crippen molar-refractivity contribution >= 4 is 11.8 Å². The van der Waals surface area contributed by atoms with Gasteiger partial charge in [-0.15, -0.1) is 0 Å². The van der Waals surface area contributed by atoms with Gasteiger partial charge in [0.1, 0.15) is 0 Å². The monoisotopic (exact) mass is 643 g/mol. The van der Waals surface area contributed by atoms with Crippen LogP contribution >= 0.6 is 0 Å². The molecule has 3 aromatic carbocycles. The van der Waals surface area contributed by atoms with Crippen LogP contribution in [0.2, 0.25) is 0 Å². The maximum atomic E-state index is 12.4. The zero-order chi connectivity index (χ0) is 32.8. The summed E-state index contributed by atoms with van der Waals surface area (Å²) >= 11 is 0. The van der Waals surface area contributed by atoms with E-state index < -0.39 is 12.2 Å². The fourth-order valence-electron chi connectivity index (χ4n) is 6.50. The molecular formula is C38H49N3O6. The number of carbonyl (C=O) groups excluding carboxylic acids is 2. The number of ether oxygens (including phenoxy) is 2. The van der Waals surface area contributed by atoms with Crippen molar-refractivity contribution in [2.24, 2.45) is 0 Å². The Bertz CT molecular complexity index is 1410. The molecule has 3 atom stereocenters. The molecule has 0 bridgehead atoms. The van der Waals surface area contributed by atoms with E-state index in [1.54, 1.807) is 5.48 Å². The van der Waals surface area contributed by atoms with Crippen LogP contribution in [0.15, 0.2) is 72.8 Å². The standard InChI is InChI=1S/C38H49N3O6/c42-27-28-14-16-30(17-15-28)35-24-33(26-41-22-8-2-1-3-9-23-41)46-38(47-35)31-20-18-29(19-21-31)34-11-5-4-10-32(34)25-39-36(43)12-6-7-13-37(44)40-45/h4-5,10-11,14-21,33,35,38,42,45H,1-3,6-9,12-13,22-27H2,(H,39,43)(H,40,44). The van der Waals surface area contributed by atoms with E-state index in [1.165, 1.54) is 32.1 Å². The van der Waals surface area contributed by atoms with Gasteiger partial charge in [-0.3, -0.25) is 14.8 Å². The molecule has 0 aliphatic carbocycles. The zero-order valence-corrected chi connectivity index (χ0v) is 27.2. The van der Waals surface area contributed by atoms with Crippen molar-refractivity contribution < 1.29 is 29.4 Å². The average Bonchev–Trinajstić information content (AvgIpc) is 3.10. The lowest BCUT2D eigenvalue weighted by atomic mass is 9.97. The molecule has 2 saturated heterocycles. The minimum absolute atomic E-state index is 0.0182. The number of carbonyl (C=O) groups is 2. The van der Waals surface area contributed by atoms with Crippen LogP contribution in [0.4, 0.5) is 0 Å². The van der Waals surface area contributed by atoms with Crippen LogP contribution in [0.5, 0.6) is 0 Å². The number of hydrogen-bond acceptors (Lipinski definition) is 7. The van der Waals surface area contributed by atoms with Crippen LogP contribution in [0, 0.1) is 0 Å². The number of benzene rings is 3. The van der Waals surface area contributed by atoms with Gasteiger partial charge in [0.25, 0.3) is 0 Å². The Kier molecular flexibility index (Phi) is 13.4. The molecule has 5 rings (SSSR count). The number of nitrogens with zero attached hydrogens (tertiary/aromatic N) is 1. The number of likely N-dealkylation sites (tertiary alicyclic amines) is 1. The number of unbranched alkanes of at least 4 members (excludes halogenated alkanes) is 1. The Morgan fingerprint density at radius 1 is 0.787 bits per heavy atom. The molecule has 0 spiro atoms. The first kappa shape index (κ1) is 34.7. The van der Waals surface area contributed by atoms with Gasteiger partial charge in [-0.25, -0.2) is 5.48 Å². The Morgan fingerprint density at radius 3 is 2.15 bits per heavy atom. The summed E-state index contributed by atoms with van der Waals surface area (Å²) in [7, 11) is 0. The fraction of sp³-hybridized carbons (Fsp3) is 0.474. The number of aliphatic hydroxyl groups excluding tert-OH is 1. The van der Waals surface area contributed by atoms with Crippen molar-refractivity contribution in [2.45, 2.75) is 95.9 Å². The lowest BCUT2D eigenvalue weighted by molar-refractivity contribution is -0.253. The normalized spacial score (nSPS) is 20.6. The second-order valence-corrected chi connectivity index (χ2v) is 12.7. The van der Waals surface area contributed by atoms with E-state index in [-0.39, 0.29) is 31.1 Å². The second-order valence-electron chi connectivity index (χ2n) is 12.7. The molecule has 3 aromatic rings. The average molecular weight is 644 g/mol. The van der Waals surface area contributed by atoms with Gasteiger partial charge in [0.05, 0.1) is 18.8 Å². The van der Waals surface area contributed by atoms with Crippen molar-refractivity contribution in [2.75, 3.05) is 19.6 Å². The van der Waals surface area contributed by atoms with Gasteiger partial charge < -0.3 is 24.8 Å². The van der Waals surface area contributed by atoms with Crippen LogP contribution in [0.25, 0.3) is 11.1 Å². The molecule has 2 fully saturated rings. The number of nitrogens with one attached hydrogen (secondary N) is 2. The van der Waals surface area contributed by atoms with Crippen LogP contribution in [-0.2, 0) is 32.2 Å². The maximum Gasteiger partial charge on any atom is 0.243 e. The summed E-state index contributed by atoms with van der Waals surface area (Å²) < 4.78 is 13.3.